The molecule has 2 atom stereocenters. The fourth-order valence-corrected chi connectivity index (χ4v) is 3.23. The summed E-state index contributed by atoms with van der Waals surface area (Å²) < 4.78 is 0. The van der Waals surface area contributed by atoms with Crippen molar-refractivity contribution in [2.24, 2.45) is 0 Å². The number of carbonyl (C=O) groups excluding carboxylic acids is 1. The number of nitrogens with one attached hydrogen (secondary N) is 1. The molecule has 0 aliphatic carbocycles. The van der Waals surface area contributed by atoms with Crippen molar-refractivity contribution >= 4 is 17.3 Å². The zero-order valence-electron chi connectivity index (χ0n) is 14.0. The van der Waals surface area contributed by atoms with Gasteiger partial charge in [-0.15, -0.1) is 0 Å². The Morgan fingerprint density at radius 3 is 2.71 bits per heavy atom. The molecule has 0 saturated heterocycles. The van der Waals surface area contributed by atoms with Crippen LogP contribution in [-0.2, 0) is 17.6 Å². The predicted octanol–water partition coefficient (Wildman–Crippen LogP) is 3.53. The molecule has 0 bridgehead atoms. The molecule has 4 nitrogen and oxygen atoms in total. The summed E-state index contributed by atoms with van der Waals surface area (Å²) >= 11 is 0. The number of anilines is 2. The van der Waals surface area contributed by atoms with Crippen molar-refractivity contribution in [1.29, 1.82) is 5.26 Å². The van der Waals surface area contributed by atoms with Gasteiger partial charge < -0.3 is 10.2 Å². The minimum atomic E-state index is -0.319. The average molecular weight is 319 g/mol. The van der Waals surface area contributed by atoms with Crippen LogP contribution in [0.5, 0.6) is 0 Å². The summed E-state index contributed by atoms with van der Waals surface area (Å²) in [7, 11) is 0. The van der Waals surface area contributed by atoms with E-state index >= 15 is 0 Å². The van der Waals surface area contributed by atoms with Crippen LogP contribution >= 0.6 is 0 Å². The Kier molecular flexibility index (Phi) is 4.52. The van der Waals surface area contributed by atoms with E-state index in [9.17, 15) is 4.79 Å². The zero-order chi connectivity index (χ0) is 17.1. The van der Waals surface area contributed by atoms with E-state index in [1.54, 1.807) is 0 Å². The highest BCUT2D eigenvalue weighted by molar-refractivity contribution is 6.00. The number of nitrogens with zero attached hydrogens (tertiary/aromatic N) is 2. The van der Waals surface area contributed by atoms with Crippen LogP contribution in [0.1, 0.15) is 25.0 Å². The molecule has 122 valence electrons. The van der Waals surface area contributed by atoms with Crippen LogP contribution in [0.25, 0.3) is 0 Å². The quantitative estimate of drug-likeness (QED) is 0.938. The lowest BCUT2D eigenvalue weighted by Gasteiger charge is -2.27. The molecule has 2 aromatic rings. The van der Waals surface area contributed by atoms with Crippen molar-refractivity contribution < 1.29 is 4.79 Å². The minimum Gasteiger partial charge on any atom is -0.374 e. The number of fused-ring (bicyclic) bond motifs is 1. The SMILES string of the molecule is CC(Nc1ccc(CC#N)cc1)C(=O)N1c2ccccc2CC1C. The fraction of sp³-hybridized carbons (Fsp3) is 0.300. The molecule has 0 fully saturated rings. The standard InChI is InChI=1S/C20H21N3O/c1-14-13-17-5-3-4-6-19(17)23(14)20(24)15(2)22-18-9-7-16(8-10-18)11-12-21/h3-10,14-15,22H,11,13H2,1-2H3. The van der Waals surface area contributed by atoms with Gasteiger partial charge in [0.2, 0.25) is 5.91 Å². The van der Waals surface area contributed by atoms with E-state index < -0.39 is 0 Å². The van der Waals surface area contributed by atoms with Gasteiger partial charge in [-0.05, 0) is 49.6 Å². The summed E-state index contributed by atoms with van der Waals surface area (Å²) in [5, 5.41) is 12.0. The Hall–Kier alpha value is -2.80. The molecule has 1 amide bonds. The number of hydrogen-bond donors (Lipinski definition) is 1. The molecule has 1 aliphatic rings. The third kappa shape index (κ3) is 3.11. The van der Waals surface area contributed by atoms with Gasteiger partial charge in [-0.1, -0.05) is 30.3 Å². The molecule has 1 heterocycles. The molecule has 0 radical (unpaired) electrons. The molecular formula is C20H21N3O. The highest BCUT2D eigenvalue weighted by Gasteiger charge is 2.32. The summed E-state index contributed by atoms with van der Waals surface area (Å²) in [6.45, 7) is 3.97. The van der Waals surface area contributed by atoms with Crippen molar-refractivity contribution in [3.63, 3.8) is 0 Å². The minimum absolute atomic E-state index is 0.0774. The maximum absolute atomic E-state index is 12.9. The normalized spacial score (nSPS) is 17.0. The maximum Gasteiger partial charge on any atom is 0.249 e. The highest BCUT2D eigenvalue weighted by atomic mass is 16.2. The Labute approximate surface area is 142 Å². The second kappa shape index (κ2) is 6.76. The van der Waals surface area contributed by atoms with Gasteiger partial charge in [0.25, 0.3) is 0 Å². The summed E-state index contributed by atoms with van der Waals surface area (Å²) in [6, 6.07) is 17.7. The van der Waals surface area contributed by atoms with E-state index in [4.69, 9.17) is 5.26 Å². The third-order valence-corrected chi connectivity index (χ3v) is 4.44. The lowest BCUT2D eigenvalue weighted by molar-refractivity contribution is -0.119. The van der Waals surface area contributed by atoms with E-state index in [-0.39, 0.29) is 18.0 Å². The van der Waals surface area contributed by atoms with Crippen LogP contribution in [0.3, 0.4) is 0 Å². The van der Waals surface area contributed by atoms with Gasteiger partial charge in [0.15, 0.2) is 0 Å². The molecular weight excluding hydrogens is 298 g/mol. The lowest BCUT2D eigenvalue weighted by Crippen LogP contribution is -2.44. The van der Waals surface area contributed by atoms with E-state index in [1.807, 2.05) is 54.3 Å². The van der Waals surface area contributed by atoms with Crippen molar-refractivity contribution in [3.8, 4) is 6.07 Å². The van der Waals surface area contributed by atoms with Crippen LogP contribution in [0.4, 0.5) is 11.4 Å². The molecule has 24 heavy (non-hydrogen) atoms. The summed E-state index contributed by atoms with van der Waals surface area (Å²) in [5.41, 5.74) is 4.11. The van der Waals surface area contributed by atoms with Crippen molar-refractivity contribution in [2.75, 3.05) is 10.2 Å². The molecule has 4 heteroatoms. The second-order valence-corrected chi connectivity index (χ2v) is 6.29. The molecule has 1 N–H and O–H groups in total. The Morgan fingerprint density at radius 2 is 2.00 bits per heavy atom. The molecule has 3 rings (SSSR count). The van der Waals surface area contributed by atoms with Crippen LogP contribution in [0.15, 0.2) is 48.5 Å². The van der Waals surface area contributed by atoms with Gasteiger partial charge in [0, 0.05) is 17.4 Å². The fourth-order valence-electron chi connectivity index (χ4n) is 3.23. The van der Waals surface area contributed by atoms with Crippen LogP contribution in [-0.4, -0.2) is 18.0 Å². The number of rotatable bonds is 4. The van der Waals surface area contributed by atoms with Gasteiger partial charge in [0.1, 0.15) is 6.04 Å². The van der Waals surface area contributed by atoms with Crippen molar-refractivity contribution in [1.82, 2.24) is 0 Å². The Balaban J connectivity index is 1.72. The zero-order valence-corrected chi connectivity index (χ0v) is 14.0. The summed E-state index contributed by atoms with van der Waals surface area (Å²) in [5.74, 6) is 0.0774. The molecule has 0 saturated carbocycles. The number of para-hydroxylation sites is 1. The van der Waals surface area contributed by atoms with Crippen molar-refractivity contribution in [3.05, 3.63) is 59.7 Å². The second-order valence-electron chi connectivity index (χ2n) is 6.29. The Morgan fingerprint density at radius 1 is 1.29 bits per heavy atom. The van der Waals surface area contributed by atoms with Crippen LogP contribution in [0, 0.1) is 11.3 Å². The molecule has 0 spiro atoms. The topological polar surface area (TPSA) is 56.1 Å². The largest absolute Gasteiger partial charge is 0.374 e. The first kappa shape index (κ1) is 16.1. The predicted molar refractivity (Wildman–Crippen MR) is 95.9 cm³/mol. The van der Waals surface area contributed by atoms with Gasteiger partial charge >= 0.3 is 0 Å². The lowest BCUT2D eigenvalue weighted by atomic mass is 10.1. The van der Waals surface area contributed by atoms with Gasteiger partial charge in [-0.25, -0.2) is 0 Å². The molecule has 1 aliphatic heterocycles. The number of nitriles is 1. The van der Waals surface area contributed by atoms with E-state index in [0.29, 0.717) is 6.42 Å². The molecule has 2 aromatic carbocycles. The number of hydrogen-bond acceptors (Lipinski definition) is 3. The third-order valence-electron chi connectivity index (χ3n) is 4.44. The van der Waals surface area contributed by atoms with E-state index in [0.717, 1.165) is 23.4 Å². The van der Waals surface area contributed by atoms with Gasteiger partial charge in [-0.3, -0.25) is 4.79 Å². The first-order valence-corrected chi connectivity index (χ1v) is 8.23. The van der Waals surface area contributed by atoms with Gasteiger partial charge in [0.05, 0.1) is 12.5 Å². The Bertz CT molecular complexity index is 776. The average Bonchev–Trinajstić information content (AvgIpc) is 2.92. The number of carbonyl (C=O) groups is 1. The van der Waals surface area contributed by atoms with Crippen LogP contribution < -0.4 is 10.2 Å². The first-order valence-electron chi connectivity index (χ1n) is 8.23. The first-order chi connectivity index (χ1) is 11.6. The van der Waals surface area contributed by atoms with Gasteiger partial charge in [-0.2, -0.15) is 5.26 Å². The molecule has 0 aromatic heterocycles. The van der Waals surface area contributed by atoms with Crippen LogP contribution in [0.2, 0.25) is 0 Å². The summed E-state index contributed by atoms with van der Waals surface area (Å²) in [4.78, 5) is 14.8. The number of amides is 1. The van der Waals surface area contributed by atoms with E-state index in [2.05, 4.69) is 24.4 Å². The summed E-state index contributed by atoms with van der Waals surface area (Å²) in [6.07, 6.45) is 1.30. The monoisotopic (exact) mass is 319 g/mol. The number of benzene rings is 2. The smallest absolute Gasteiger partial charge is 0.249 e. The maximum atomic E-state index is 12.9. The molecule has 2 unspecified atom stereocenters. The van der Waals surface area contributed by atoms with E-state index in [1.165, 1.54) is 5.56 Å². The van der Waals surface area contributed by atoms with Crippen molar-refractivity contribution in [2.45, 2.75) is 38.8 Å². The highest BCUT2D eigenvalue weighted by Crippen LogP contribution is 2.32.